The fourth-order valence-electron chi connectivity index (χ4n) is 3.16. The summed E-state index contributed by atoms with van der Waals surface area (Å²) >= 11 is 0. The van der Waals surface area contributed by atoms with E-state index in [1.807, 2.05) is 18.2 Å². The van der Waals surface area contributed by atoms with Gasteiger partial charge in [-0.05, 0) is 51.1 Å². The van der Waals surface area contributed by atoms with Gasteiger partial charge in [0.1, 0.15) is 12.1 Å². The maximum atomic E-state index is 5.92. The summed E-state index contributed by atoms with van der Waals surface area (Å²) in [5.74, 6) is 1.81. The molecule has 2 N–H and O–H groups in total. The molecular weight excluding hydrogens is 262 g/mol. The summed E-state index contributed by atoms with van der Waals surface area (Å²) in [5, 5.41) is 1.06. The molecule has 1 aromatic carbocycles. The second kappa shape index (κ2) is 5.85. The maximum Gasteiger partial charge on any atom is 0.139 e. The van der Waals surface area contributed by atoms with E-state index in [0.717, 1.165) is 41.4 Å². The van der Waals surface area contributed by atoms with E-state index >= 15 is 0 Å². The van der Waals surface area contributed by atoms with Crippen LogP contribution in [0.4, 0.5) is 11.5 Å². The molecule has 1 aliphatic heterocycles. The van der Waals surface area contributed by atoms with E-state index in [1.165, 1.54) is 19.4 Å². The van der Waals surface area contributed by atoms with Crippen molar-refractivity contribution in [2.24, 2.45) is 5.92 Å². The molecule has 2 heterocycles. The fraction of sp³-hybridized carbons (Fsp3) is 0.500. The van der Waals surface area contributed by atoms with E-state index in [1.54, 1.807) is 6.33 Å². The van der Waals surface area contributed by atoms with Crippen LogP contribution in [0.2, 0.25) is 0 Å². The number of aromatic nitrogens is 2. The predicted molar refractivity (Wildman–Crippen MR) is 87.4 cm³/mol. The van der Waals surface area contributed by atoms with Crippen molar-refractivity contribution in [2.75, 3.05) is 44.4 Å². The van der Waals surface area contributed by atoms with Crippen molar-refractivity contribution in [2.45, 2.75) is 12.8 Å². The molecule has 0 atom stereocenters. The highest BCUT2D eigenvalue weighted by Gasteiger charge is 2.22. The van der Waals surface area contributed by atoms with Crippen LogP contribution in [0.15, 0.2) is 24.5 Å². The third-order valence-corrected chi connectivity index (χ3v) is 4.18. The number of nitrogen functional groups attached to an aromatic ring is 1. The molecule has 0 amide bonds. The Bertz CT molecular complexity index is 617. The summed E-state index contributed by atoms with van der Waals surface area (Å²) in [6.07, 6.45) is 4.08. The minimum Gasteiger partial charge on any atom is -0.399 e. The van der Waals surface area contributed by atoms with Crippen LogP contribution < -0.4 is 10.6 Å². The smallest absolute Gasteiger partial charge is 0.139 e. The molecule has 0 spiro atoms. The number of piperidine rings is 1. The van der Waals surface area contributed by atoms with Gasteiger partial charge in [-0.3, -0.25) is 0 Å². The van der Waals surface area contributed by atoms with Gasteiger partial charge in [0.2, 0.25) is 0 Å². The van der Waals surface area contributed by atoms with E-state index in [4.69, 9.17) is 5.73 Å². The molecule has 112 valence electrons. The predicted octanol–water partition coefficient (Wildman–Crippen LogP) is 1.99. The average molecular weight is 285 g/mol. The van der Waals surface area contributed by atoms with Gasteiger partial charge < -0.3 is 15.5 Å². The molecule has 1 aliphatic rings. The zero-order chi connectivity index (χ0) is 14.8. The number of anilines is 2. The molecule has 21 heavy (non-hydrogen) atoms. The molecule has 0 aliphatic carbocycles. The molecule has 0 unspecified atom stereocenters. The van der Waals surface area contributed by atoms with Crippen LogP contribution >= 0.6 is 0 Å². The van der Waals surface area contributed by atoms with Crippen LogP contribution in [0.3, 0.4) is 0 Å². The summed E-state index contributed by atoms with van der Waals surface area (Å²) in [6, 6.07) is 5.84. The Hall–Kier alpha value is -1.88. The first-order valence-corrected chi connectivity index (χ1v) is 7.53. The lowest BCUT2D eigenvalue weighted by Crippen LogP contribution is -2.37. The Morgan fingerprint density at radius 2 is 2.00 bits per heavy atom. The first-order valence-electron chi connectivity index (χ1n) is 7.53. The molecule has 3 rings (SSSR count). The summed E-state index contributed by atoms with van der Waals surface area (Å²) in [5.41, 5.74) is 7.65. The first kappa shape index (κ1) is 14.1. The monoisotopic (exact) mass is 285 g/mol. The van der Waals surface area contributed by atoms with Gasteiger partial charge in [0.15, 0.2) is 0 Å². The summed E-state index contributed by atoms with van der Waals surface area (Å²) in [6.45, 7) is 3.28. The van der Waals surface area contributed by atoms with Gasteiger partial charge in [-0.15, -0.1) is 0 Å². The van der Waals surface area contributed by atoms with E-state index in [9.17, 15) is 0 Å². The highest BCUT2D eigenvalue weighted by atomic mass is 15.2. The van der Waals surface area contributed by atoms with Crippen molar-refractivity contribution in [1.82, 2.24) is 14.9 Å². The molecule has 1 saturated heterocycles. The normalized spacial score (nSPS) is 16.8. The lowest BCUT2D eigenvalue weighted by Gasteiger charge is -2.34. The molecule has 5 heteroatoms. The SMILES string of the molecule is CN(C)CC1CCN(c2ncnc3ccc(N)cc23)CC1. The zero-order valence-corrected chi connectivity index (χ0v) is 12.8. The van der Waals surface area contributed by atoms with Gasteiger partial charge in [-0.25, -0.2) is 9.97 Å². The number of benzene rings is 1. The molecule has 5 nitrogen and oxygen atoms in total. The number of nitrogens with zero attached hydrogens (tertiary/aromatic N) is 4. The van der Waals surface area contributed by atoms with Gasteiger partial charge in [0.05, 0.1) is 5.52 Å². The first-order chi connectivity index (χ1) is 10.1. The van der Waals surface area contributed by atoms with E-state index in [0.29, 0.717) is 0 Å². The summed E-state index contributed by atoms with van der Waals surface area (Å²) in [4.78, 5) is 13.5. The number of nitrogens with two attached hydrogens (primary N) is 1. The third kappa shape index (κ3) is 3.08. The Kier molecular flexibility index (Phi) is 3.92. The van der Waals surface area contributed by atoms with Crippen molar-refractivity contribution < 1.29 is 0 Å². The Morgan fingerprint density at radius 3 is 2.71 bits per heavy atom. The second-order valence-corrected chi connectivity index (χ2v) is 6.17. The number of fused-ring (bicyclic) bond motifs is 1. The number of hydrogen-bond donors (Lipinski definition) is 1. The van der Waals surface area contributed by atoms with Crippen molar-refractivity contribution in [1.29, 1.82) is 0 Å². The fourth-order valence-corrected chi connectivity index (χ4v) is 3.16. The molecule has 1 aromatic heterocycles. The van der Waals surface area contributed by atoms with Crippen molar-refractivity contribution in [3.8, 4) is 0 Å². The third-order valence-electron chi connectivity index (χ3n) is 4.18. The minimum absolute atomic E-state index is 0.765. The Balaban J connectivity index is 1.81. The lowest BCUT2D eigenvalue weighted by molar-refractivity contribution is 0.285. The number of hydrogen-bond acceptors (Lipinski definition) is 5. The van der Waals surface area contributed by atoms with Gasteiger partial charge in [-0.2, -0.15) is 0 Å². The molecule has 0 saturated carbocycles. The quantitative estimate of drug-likeness (QED) is 0.874. The molecule has 0 radical (unpaired) electrons. The molecular formula is C16H23N5. The largest absolute Gasteiger partial charge is 0.399 e. The molecule has 0 bridgehead atoms. The van der Waals surface area contributed by atoms with Crippen molar-refractivity contribution in [3.05, 3.63) is 24.5 Å². The van der Waals surface area contributed by atoms with E-state index in [2.05, 4.69) is 33.9 Å². The van der Waals surface area contributed by atoms with Crippen LogP contribution in [-0.4, -0.2) is 48.6 Å². The van der Waals surface area contributed by atoms with Crippen LogP contribution in [0.1, 0.15) is 12.8 Å². The highest BCUT2D eigenvalue weighted by molar-refractivity contribution is 5.91. The van der Waals surface area contributed by atoms with Gasteiger partial charge in [0.25, 0.3) is 0 Å². The highest BCUT2D eigenvalue weighted by Crippen LogP contribution is 2.28. The van der Waals surface area contributed by atoms with E-state index < -0.39 is 0 Å². The van der Waals surface area contributed by atoms with Crippen molar-refractivity contribution >= 4 is 22.4 Å². The molecule has 2 aromatic rings. The second-order valence-electron chi connectivity index (χ2n) is 6.17. The maximum absolute atomic E-state index is 5.92. The summed E-state index contributed by atoms with van der Waals surface area (Å²) < 4.78 is 0. The van der Waals surface area contributed by atoms with Crippen LogP contribution in [0.5, 0.6) is 0 Å². The number of rotatable bonds is 3. The summed E-state index contributed by atoms with van der Waals surface area (Å²) in [7, 11) is 4.29. The zero-order valence-electron chi connectivity index (χ0n) is 12.8. The molecule has 1 fully saturated rings. The van der Waals surface area contributed by atoms with Crippen LogP contribution in [0.25, 0.3) is 10.9 Å². The lowest BCUT2D eigenvalue weighted by atomic mass is 9.96. The minimum atomic E-state index is 0.765. The standard InChI is InChI=1S/C16H23N5/c1-20(2)10-12-5-7-21(8-6-12)16-14-9-13(17)3-4-15(14)18-11-19-16/h3-4,9,11-12H,5-8,10,17H2,1-2H3. The Morgan fingerprint density at radius 1 is 1.24 bits per heavy atom. The Labute approximate surface area is 125 Å². The van der Waals surface area contributed by atoms with E-state index in [-0.39, 0.29) is 0 Å². The van der Waals surface area contributed by atoms with Crippen LogP contribution in [0, 0.1) is 5.92 Å². The van der Waals surface area contributed by atoms with Crippen LogP contribution in [-0.2, 0) is 0 Å². The van der Waals surface area contributed by atoms with Gasteiger partial charge in [-0.1, -0.05) is 0 Å². The van der Waals surface area contributed by atoms with Gasteiger partial charge in [0, 0.05) is 30.7 Å². The van der Waals surface area contributed by atoms with Gasteiger partial charge >= 0.3 is 0 Å². The van der Waals surface area contributed by atoms with Crippen molar-refractivity contribution in [3.63, 3.8) is 0 Å². The average Bonchev–Trinajstić information content (AvgIpc) is 2.47. The topological polar surface area (TPSA) is 58.3 Å².